The Kier molecular flexibility index (Phi) is 9.14. The van der Waals surface area contributed by atoms with Gasteiger partial charge in [0, 0.05) is 38.1 Å². The largest absolute Gasteiger partial charge is 0.490 e. The zero-order valence-corrected chi connectivity index (χ0v) is 21.7. The van der Waals surface area contributed by atoms with E-state index in [1.165, 1.54) is 6.33 Å². The fourth-order valence-corrected chi connectivity index (χ4v) is 4.43. The van der Waals surface area contributed by atoms with Crippen LogP contribution in [0, 0.1) is 0 Å². The molecule has 196 valence electrons. The third-order valence-corrected chi connectivity index (χ3v) is 6.57. The maximum absolute atomic E-state index is 13.3. The molecule has 1 aromatic heterocycles. The second-order valence-corrected chi connectivity index (χ2v) is 9.70. The molecule has 3 aromatic rings. The average molecular weight is 526 g/mol. The van der Waals surface area contributed by atoms with E-state index >= 15 is 0 Å². The fourth-order valence-electron chi connectivity index (χ4n) is 4.30. The molecule has 4 rings (SSSR count). The SMILES string of the molecule is CN(Cc1ccccc1)C(=O)C[C@@]1(COc2ccc(Cl)cc2)CN(C(=O)CCCn2cncn2)CCO1. The van der Waals surface area contributed by atoms with E-state index < -0.39 is 5.60 Å². The number of benzene rings is 2. The van der Waals surface area contributed by atoms with E-state index in [-0.39, 0.29) is 31.4 Å². The molecule has 1 aliphatic heterocycles. The van der Waals surface area contributed by atoms with Gasteiger partial charge in [0.25, 0.3) is 0 Å². The van der Waals surface area contributed by atoms with Gasteiger partial charge in [-0.3, -0.25) is 14.3 Å². The molecule has 2 heterocycles. The summed E-state index contributed by atoms with van der Waals surface area (Å²) in [5, 5.41) is 4.69. The number of hydrogen-bond donors (Lipinski definition) is 0. The van der Waals surface area contributed by atoms with Crippen molar-refractivity contribution in [3.05, 3.63) is 77.8 Å². The summed E-state index contributed by atoms with van der Waals surface area (Å²) in [5.41, 5.74) is 0.0696. The lowest BCUT2D eigenvalue weighted by molar-refractivity contribution is -0.165. The average Bonchev–Trinajstić information content (AvgIpc) is 3.43. The molecule has 1 aliphatic rings. The number of nitrogens with zero attached hydrogens (tertiary/aromatic N) is 5. The van der Waals surface area contributed by atoms with Gasteiger partial charge in [-0.1, -0.05) is 41.9 Å². The second kappa shape index (κ2) is 12.7. The predicted octanol–water partition coefficient (Wildman–Crippen LogP) is 3.44. The van der Waals surface area contributed by atoms with Gasteiger partial charge in [-0.05, 0) is 36.2 Å². The van der Waals surface area contributed by atoms with Crippen LogP contribution in [-0.2, 0) is 27.4 Å². The molecular formula is C27H32ClN5O4. The number of carbonyl (C=O) groups excluding carboxylic acids is 2. The van der Waals surface area contributed by atoms with Crippen molar-refractivity contribution in [2.45, 2.75) is 38.0 Å². The fraction of sp³-hybridized carbons (Fsp3) is 0.407. The number of ether oxygens (including phenoxy) is 2. The summed E-state index contributed by atoms with van der Waals surface area (Å²) >= 11 is 6.00. The number of hydrogen-bond acceptors (Lipinski definition) is 6. The highest BCUT2D eigenvalue weighted by Crippen LogP contribution is 2.27. The van der Waals surface area contributed by atoms with Crippen LogP contribution in [0.3, 0.4) is 0 Å². The number of aromatic nitrogens is 3. The minimum absolute atomic E-state index is 0.0179. The Labute approximate surface area is 221 Å². The van der Waals surface area contributed by atoms with E-state index in [0.29, 0.717) is 49.9 Å². The summed E-state index contributed by atoms with van der Waals surface area (Å²) in [5.74, 6) is 0.558. The molecule has 0 radical (unpaired) electrons. The molecule has 1 saturated heterocycles. The Balaban J connectivity index is 1.42. The Bertz CT molecular complexity index is 1140. The van der Waals surface area contributed by atoms with E-state index in [0.717, 1.165) is 5.56 Å². The molecule has 1 atom stereocenters. The standard InChI is InChI=1S/C27H32ClN5O4/c1-31(17-22-6-3-2-4-7-22)26(35)16-27(19-36-24-11-9-23(28)10-12-24)18-32(14-15-37-27)25(34)8-5-13-33-21-29-20-30-33/h2-4,6-7,9-12,20-21H,5,8,13-19H2,1H3/t27-/m0/s1. The molecule has 0 aliphatic carbocycles. The van der Waals surface area contributed by atoms with E-state index in [1.54, 1.807) is 52.1 Å². The summed E-state index contributed by atoms with van der Waals surface area (Å²) in [6, 6.07) is 16.9. The Hall–Kier alpha value is -3.43. The Morgan fingerprint density at radius 3 is 2.68 bits per heavy atom. The molecule has 0 saturated carbocycles. The van der Waals surface area contributed by atoms with Gasteiger partial charge in [0.1, 0.15) is 30.6 Å². The third kappa shape index (κ3) is 7.77. The first-order valence-electron chi connectivity index (χ1n) is 12.3. The van der Waals surface area contributed by atoms with Crippen LogP contribution in [0.2, 0.25) is 5.02 Å². The monoisotopic (exact) mass is 525 g/mol. The highest BCUT2D eigenvalue weighted by Gasteiger charge is 2.42. The summed E-state index contributed by atoms with van der Waals surface area (Å²) in [6.45, 7) is 2.30. The molecule has 0 spiro atoms. The minimum atomic E-state index is -0.971. The molecule has 9 nitrogen and oxygen atoms in total. The van der Waals surface area contributed by atoms with Crippen LogP contribution in [0.4, 0.5) is 0 Å². The van der Waals surface area contributed by atoms with Gasteiger partial charge in [-0.25, -0.2) is 4.98 Å². The predicted molar refractivity (Wildman–Crippen MR) is 139 cm³/mol. The molecule has 10 heteroatoms. The van der Waals surface area contributed by atoms with Crippen LogP contribution >= 0.6 is 11.6 Å². The van der Waals surface area contributed by atoms with Crippen LogP contribution in [0.15, 0.2) is 67.3 Å². The van der Waals surface area contributed by atoms with Crippen LogP contribution in [0.5, 0.6) is 5.75 Å². The van der Waals surface area contributed by atoms with Crippen molar-refractivity contribution in [3.63, 3.8) is 0 Å². The smallest absolute Gasteiger partial charge is 0.225 e. The first-order chi connectivity index (χ1) is 17.9. The van der Waals surface area contributed by atoms with Crippen molar-refractivity contribution in [2.75, 3.05) is 33.4 Å². The summed E-state index contributed by atoms with van der Waals surface area (Å²) in [6.07, 6.45) is 4.22. The lowest BCUT2D eigenvalue weighted by atomic mass is 9.96. The first-order valence-corrected chi connectivity index (χ1v) is 12.7. The van der Waals surface area contributed by atoms with E-state index in [9.17, 15) is 9.59 Å². The van der Waals surface area contributed by atoms with Crippen molar-refractivity contribution >= 4 is 23.4 Å². The quantitative estimate of drug-likeness (QED) is 0.381. The zero-order chi connectivity index (χ0) is 26.1. The highest BCUT2D eigenvalue weighted by atomic mass is 35.5. The second-order valence-electron chi connectivity index (χ2n) is 9.26. The molecule has 1 fully saturated rings. The van der Waals surface area contributed by atoms with Crippen LogP contribution < -0.4 is 4.74 Å². The third-order valence-electron chi connectivity index (χ3n) is 6.32. The summed E-state index contributed by atoms with van der Waals surface area (Å²) < 4.78 is 14.0. The van der Waals surface area contributed by atoms with Crippen molar-refractivity contribution in [2.24, 2.45) is 0 Å². The van der Waals surface area contributed by atoms with Gasteiger partial charge >= 0.3 is 0 Å². The molecular weight excluding hydrogens is 494 g/mol. The molecule has 37 heavy (non-hydrogen) atoms. The first kappa shape index (κ1) is 26.6. The van der Waals surface area contributed by atoms with Gasteiger partial charge in [0.2, 0.25) is 11.8 Å². The van der Waals surface area contributed by atoms with Crippen molar-refractivity contribution in [1.82, 2.24) is 24.6 Å². The van der Waals surface area contributed by atoms with Crippen LogP contribution in [0.25, 0.3) is 0 Å². The van der Waals surface area contributed by atoms with E-state index in [1.807, 2.05) is 30.3 Å². The number of rotatable bonds is 11. The Morgan fingerprint density at radius 1 is 1.16 bits per heavy atom. The lowest BCUT2D eigenvalue weighted by Gasteiger charge is -2.42. The van der Waals surface area contributed by atoms with Crippen molar-refractivity contribution < 1.29 is 19.1 Å². The number of morpholine rings is 1. The van der Waals surface area contributed by atoms with Crippen molar-refractivity contribution in [3.8, 4) is 5.75 Å². The number of amides is 2. The summed E-state index contributed by atoms with van der Waals surface area (Å²) in [7, 11) is 1.78. The number of halogens is 1. The molecule has 0 unspecified atom stereocenters. The van der Waals surface area contributed by atoms with Crippen molar-refractivity contribution in [1.29, 1.82) is 0 Å². The van der Waals surface area contributed by atoms with Crippen LogP contribution in [-0.4, -0.2) is 75.3 Å². The van der Waals surface area contributed by atoms with Gasteiger partial charge in [0.05, 0.1) is 19.6 Å². The molecule has 0 N–H and O–H groups in total. The maximum Gasteiger partial charge on any atom is 0.225 e. The Morgan fingerprint density at radius 2 is 1.95 bits per heavy atom. The summed E-state index contributed by atoms with van der Waals surface area (Å²) in [4.78, 5) is 33.8. The van der Waals surface area contributed by atoms with Gasteiger partial charge in [-0.2, -0.15) is 5.10 Å². The molecule has 0 bridgehead atoms. The normalized spacial score (nSPS) is 17.4. The van der Waals surface area contributed by atoms with E-state index in [4.69, 9.17) is 21.1 Å². The number of carbonyl (C=O) groups is 2. The molecule has 2 aromatic carbocycles. The van der Waals surface area contributed by atoms with E-state index in [2.05, 4.69) is 10.1 Å². The zero-order valence-electron chi connectivity index (χ0n) is 21.0. The van der Waals surface area contributed by atoms with Crippen LogP contribution in [0.1, 0.15) is 24.8 Å². The van der Waals surface area contributed by atoms with Gasteiger partial charge in [0.15, 0.2) is 0 Å². The highest BCUT2D eigenvalue weighted by molar-refractivity contribution is 6.30. The maximum atomic E-state index is 13.3. The lowest BCUT2D eigenvalue weighted by Crippen LogP contribution is -2.58. The number of aryl methyl sites for hydroxylation is 1. The molecule has 2 amide bonds. The van der Waals surface area contributed by atoms with Gasteiger partial charge < -0.3 is 19.3 Å². The minimum Gasteiger partial charge on any atom is -0.490 e. The van der Waals surface area contributed by atoms with Gasteiger partial charge in [-0.15, -0.1) is 0 Å². The topological polar surface area (TPSA) is 89.8 Å².